The number of nitrogens with one attached hydrogen (secondary N) is 3. The molecule has 1 unspecified atom stereocenters. The van der Waals surface area contributed by atoms with Crippen LogP contribution in [0.3, 0.4) is 0 Å². The van der Waals surface area contributed by atoms with Gasteiger partial charge < -0.3 is 15.5 Å². The summed E-state index contributed by atoms with van der Waals surface area (Å²) < 4.78 is 39.9. The van der Waals surface area contributed by atoms with Crippen LogP contribution in [-0.2, 0) is 11.3 Å². The first-order valence-corrected chi connectivity index (χ1v) is 8.32. The average molecular weight is 380 g/mol. The number of likely N-dealkylation sites (N-methyl/N-ethyl adjacent to an activating group) is 1. The summed E-state index contributed by atoms with van der Waals surface area (Å²) in [6, 6.07) is 8.08. The predicted octanol–water partition coefficient (Wildman–Crippen LogP) is 1.51. The number of hydrogen-bond acceptors (Lipinski definition) is 2. The van der Waals surface area contributed by atoms with Crippen LogP contribution >= 0.6 is 0 Å². The number of carbonyl (C=O) groups excluding carboxylic acids is 2. The molecule has 144 valence electrons. The summed E-state index contributed by atoms with van der Waals surface area (Å²) in [5.41, 5.74) is 1.02. The second kappa shape index (κ2) is 8.68. The third kappa shape index (κ3) is 4.85. The highest BCUT2D eigenvalue weighted by Gasteiger charge is 2.24. The van der Waals surface area contributed by atoms with E-state index < -0.39 is 35.1 Å². The molecule has 3 N–H and O–H groups in total. The number of anilines is 1. The lowest BCUT2D eigenvalue weighted by Crippen LogP contribution is -3.12. The smallest absolute Gasteiger partial charge is 0.282 e. The lowest BCUT2D eigenvalue weighted by molar-refractivity contribution is -0.907. The minimum absolute atomic E-state index is 0.191. The molecule has 0 fully saturated rings. The third-order valence-corrected chi connectivity index (χ3v) is 4.35. The zero-order chi connectivity index (χ0) is 20.1. The van der Waals surface area contributed by atoms with Gasteiger partial charge in [0.2, 0.25) is 0 Å². The van der Waals surface area contributed by atoms with Crippen LogP contribution in [-0.4, -0.2) is 32.0 Å². The molecule has 0 radical (unpaired) electrons. The Kier molecular flexibility index (Phi) is 6.57. The molecule has 2 amide bonds. The molecular formula is C19H21F3N3O2+. The molecule has 0 aliphatic carbocycles. The molecule has 0 saturated carbocycles. The van der Waals surface area contributed by atoms with Gasteiger partial charge >= 0.3 is 0 Å². The van der Waals surface area contributed by atoms with Crippen molar-refractivity contribution < 1.29 is 27.7 Å². The zero-order valence-corrected chi connectivity index (χ0v) is 15.2. The van der Waals surface area contributed by atoms with Gasteiger partial charge in [0.25, 0.3) is 11.8 Å². The quantitative estimate of drug-likeness (QED) is 0.666. The van der Waals surface area contributed by atoms with Crippen LogP contribution in [0.15, 0.2) is 36.4 Å². The first-order valence-electron chi connectivity index (χ1n) is 8.32. The van der Waals surface area contributed by atoms with Crippen molar-refractivity contribution in [3.8, 4) is 0 Å². The maximum absolute atomic E-state index is 13.7. The van der Waals surface area contributed by atoms with Crippen LogP contribution in [0.25, 0.3) is 0 Å². The Morgan fingerprint density at radius 1 is 1.04 bits per heavy atom. The molecule has 5 nitrogen and oxygen atoms in total. The third-order valence-electron chi connectivity index (χ3n) is 4.35. The number of benzene rings is 2. The Bertz CT molecular complexity index is 841. The molecule has 8 heteroatoms. The van der Waals surface area contributed by atoms with Crippen molar-refractivity contribution >= 4 is 17.5 Å². The van der Waals surface area contributed by atoms with Gasteiger partial charge in [-0.25, -0.2) is 13.2 Å². The van der Waals surface area contributed by atoms with E-state index in [1.54, 1.807) is 45.3 Å². The van der Waals surface area contributed by atoms with E-state index in [0.717, 1.165) is 22.6 Å². The molecule has 0 saturated heterocycles. The normalized spacial score (nSPS) is 13.0. The van der Waals surface area contributed by atoms with Crippen molar-refractivity contribution in [3.63, 3.8) is 0 Å². The van der Waals surface area contributed by atoms with Gasteiger partial charge in [0.05, 0.1) is 12.7 Å². The standard InChI is InChI=1S/C19H20F3N3O2/c1-11(18(26)24-15-9-8-14(20)16(21)17(15)22)25(3)10-12-4-6-13(7-5-12)19(27)23-2/h4-9,11H,10H2,1-3H3,(H,23,27)(H,24,26)/p+1/t11-/m1/s1. The van der Waals surface area contributed by atoms with E-state index in [0.29, 0.717) is 12.1 Å². The van der Waals surface area contributed by atoms with Crippen molar-refractivity contribution in [2.75, 3.05) is 19.4 Å². The lowest BCUT2D eigenvalue weighted by atomic mass is 10.1. The fourth-order valence-corrected chi connectivity index (χ4v) is 2.48. The monoisotopic (exact) mass is 380 g/mol. The lowest BCUT2D eigenvalue weighted by Gasteiger charge is -2.21. The minimum atomic E-state index is -1.63. The molecule has 0 spiro atoms. The molecule has 27 heavy (non-hydrogen) atoms. The second-order valence-corrected chi connectivity index (χ2v) is 6.23. The number of amides is 2. The molecule has 2 aromatic carbocycles. The van der Waals surface area contributed by atoms with Crippen molar-refractivity contribution in [1.29, 1.82) is 0 Å². The molecule has 0 aliphatic heterocycles. The summed E-state index contributed by atoms with van der Waals surface area (Å²) in [5.74, 6) is -5.10. The second-order valence-electron chi connectivity index (χ2n) is 6.23. The number of hydrogen-bond donors (Lipinski definition) is 3. The summed E-state index contributed by atoms with van der Waals surface area (Å²) in [7, 11) is 3.32. The molecule has 0 aromatic heterocycles. The summed E-state index contributed by atoms with van der Waals surface area (Å²) in [6.45, 7) is 2.12. The van der Waals surface area contributed by atoms with Crippen LogP contribution in [0.1, 0.15) is 22.8 Å². The Morgan fingerprint density at radius 2 is 1.67 bits per heavy atom. The van der Waals surface area contributed by atoms with E-state index in [-0.39, 0.29) is 5.91 Å². The molecule has 2 atom stereocenters. The van der Waals surface area contributed by atoms with Gasteiger partial charge in [-0.05, 0) is 31.2 Å². The van der Waals surface area contributed by atoms with Crippen LogP contribution in [0.2, 0.25) is 0 Å². The summed E-state index contributed by atoms with van der Waals surface area (Å²) in [6.07, 6.45) is 0. The van der Waals surface area contributed by atoms with E-state index in [4.69, 9.17) is 0 Å². The van der Waals surface area contributed by atoms with Crippen LogP contribution < -0.4 is 15.5 Å². The fourth-order valence-electron chi connectivity index (χ4n) is 2.48. The van der Waals surface area contributed by atoms with Crippen molar-refractivity contribution in [2.24, 2.45) is 0 Å². The van der Waals surface area contributed by atoms with Crippen molar-refractivity contribution in [2.45, 2.75) is 19.5 Å². The minimum Gasteiger partial charge on any atom is -0.355 e. The van der Waals surface area contributed by atoms with E-state index in [9.17, 15) is 22.8 Å². The number of carbonyl (C=O) groups is 2. The van der Waals surface area contributed by atoms with Gasteiger partial charge in [0.1, 0.15) is 6.54 Å². The summed E-state index contributed by atoms with van der Waals surface area (Å²) in [4.78, 5) is 24.6. The van der Waals surface area contributed by atoms with Crippen LogP contribution in [0, 0.1) is 17.5 Å². The number of halogens is 3. The fraction of sp³-hybridized carbons (Fsp3) is 0.263. The largest absolute Gasteiger partial charge is 0.355 e. The molecule has 0 bridgehead atoms. The Labute approximate surface area is 155 Å². The molecule has 2 aromatic rings. The van der Waals surface area contributed by atoms with E-state index in [2.05, 4.69) is 10.6 Å². The van der Waals surface area contributed by atoms with Gasteiger partial charge in [-0.15, -0.1) is 0 Å². The highest BCUT2D eigenvalue weighted by atomic mass is 19.2. The Hall–Kier alpha value is -2.87. The SMILES string of the molecule is CNC(=O)c1ccc(C[NH+](C)[C@H](C)C(=O)Nc2ccc(F)c(F)c2F)cc1. The number of quaternary nitrogens is 1. The van der Waals surface area contributed by atoms with Crippen molar-refractivity contribution in [1.82, 2.24) is 5.32 Å². The maximum atomic E-state index is 13.7. The van der Waals surface area contributed by atoms with Gasteiger partial charge in [0.15, 0.2) is 23.5 Å². The van der Waals surface area contributed by atoms with Gasteiger partial charge in [-0.2, -0.15) is 0 Å². The topological polar surface area (TPSA) is 62.6 Å². The van der Waals surface area contributed by atoms with E-state index in [1.807, 2.05) is 0 Å². The van der Waals surface area contributed by atoms with Gasteiger partial charge in [0, 0.05) is 18.2 Å². The molecule has 2 rings (SSSR count). The van der Waals surface area contributed by atoms with Gasteiger partial charge in [-0.3, -0.25) is 9.59 Å². The highest BCUT2D eigenvalue weighted by Crippen LogP contribution is 2.19. The maximum Gasteiger partial charge on any atom is 0.282 e. The molecule has 0 heterocycles. The molecular weight excluding hydrogens is 359 g/mol. The predicted molar refractivity (Wildman–Crippen MR) is 94.8 cm³/mol. The first kappa shape index (κ1) is 20.4. The Morgan fingerprint density at radius 3 is 2.26 bits per heavy atom. The van der Waals surface area contributed by atoms with Crippen LogP contribution in [0.4, 0.5) is 18.9 Å². The average Bonchev–Trinajstić information content (AvgIpc) is 2.67. The summed E-state index contributed by atoms with van der Waals surface area (Å²) in [5, 5.41) is 4.81. The van der Waals surface area contributed by atoms with Crippen LogP contribution in [0.5, 0.6) is 0 Å². The molecule has 0 aliphatic rings. The zero-order valence-electron chi connectivity index (χ0n) is 15.2. The number of rotatable bonds is 6. The van der Waals surface area contributed by atoms with Crippen molar-refractivity contribution in [3.05, 3.63) is 65.0 Å². The first-order chi connectivity index (χ1) is 12.7. The van der Waals surface area contributed by atoms with Gasteiger partial charge in [-0.1, -0.05) is 12.1 Å². The van der Waals surface area contributed by atoms with E-state index in [1.165, 1.54) is 0 Å². The highest BCUT2D eigenvalue weighted by molar-refractivity contribution is 5.94. The van der Waals surface area contributed by atoms with E-state index >= 15 is 0 Å². The summed E-state index contributed by atoms with van der Waals surface area (Å²) >= 11 is 0. The Balaban J connectivity index is 2.02.